The minimum atomic E-state index is 0.445. The zero-order valence-electron chi connectivity index (χ0n) is 15.9. The molecule has 2 aromatic carbocycles. The van der Waals surface area contributed by atoms with Crippen LogP contribution in [0.2, 0.25) is 0 Å². The average Bonchev–Trinajstić information content (AvgIpc) is 3.15. The van der Waals surface area contributed by atoms with Crippen LogP contribution in [0.25, 0.3) is 16.9 Å². The number of fused-ring (bicyclic) bond motifs is 1. The number of nitrogens with zero attached hydrogens (tertiary/aromatic N) is 4. The number of rotatable bonds is 4. The lowest BCUT2D eigenvalue weighted by Crippen LogP contribution is -2.34. The fourth-order valence-corrected chi connectivity index (χ4v) is 4.37. The van der Waals surface area contributed by atoms with E-state index in [1.54, 1.807) is 0 Å². The smallest absolute Gasteiger partial charge is 0.159 e. The topological polar surface area (TPSA) is 33.4 Å². The van der Waals surface area contributed by atoms with Gasteiger partial charge in [-0.3, -0.25) is 4.90 Å². The van der Waals surface area contributed by atoms with E-state index in [1.165, 1.54) is 29.5 Å². The highest BCUT2D eigenvalue weighted by molar-refractivity contribution is 5.71. The first kappa shape index (κ1) is 17.1. The highest BCUT2D eigenvalue weighted by Crippen LogP contribution is 2.36. The summed E-state index contributed by atoms with van der Waals surface area (Å²) >= 11 is 0. The first-order chi connectivity index (χ1) is 13.9. The highest BCUT2D eigenvalue weighted by atomic mass is 15.3. The molecule has 140 valence electrons. The molecule has 4 aromatic rings. The van der Waals surface area contributed by atoms with Gasteiger partial charge in [0.1, 0.15) is 0 Å². The lowest BCUT2D eigenvalue weighted by atomic mass is 9.88. The van der Waals surface area contributed by atoms with Gasteiger partial charge < -0.3 is 0 Å². The molecule has 0 spiro atoms. The van der Waals surface area contributed by atoms with Gasteiger partial charge in [0.05, 0.1) is 5.69 Å². The van der Waals surface area contributed by atoms with E-state index in [0.717, 1.165) is 31.0 Å². The van der Waals surface area contributed by atoms with Crippen molar-refractivity contribution in [1.82, 2.24) is 19.5 Å². The molecule has 4 nitrogen and oxygen atoms in total. The first-order valence-corrected chi connectivity index (χ1v) is 10.0. The van der Waals surface area contributed by atoms with E-state index in [2.05, 4.69) is 65.6 Å². The SMILES string of the molecule is c1ccc(CN2CCCC(c3c(-c4ccccc4)nn4cccnc34)C2)cc1. The van der Waals surface area contributed by atoms with Crippen LogP contribution in [0.15, 0.2) is 79.1 Å². The Morgan fingerprint density at radius 2 is 1.71 bits per heavy atom. The Morgan fingerprint density at radius 1 is 0.929 bits per heavy atom. The lowest BCUT2D eigenvalue weighted by Gasteiger charge is -2.33. The Labute approximate surface area is 165 Å². The molecule has 1 aliphatic rings. The molecule has 0 bridgehead atoms. The van der Waals surface area contributed by atoms with E-state index in [1.807, 2.05) is 23.0 Å². The second-order valence-corrected chi connectivity index (χ2v) is 7.58. The number of piperidine rings is 1. The molecule has 2 aromatic heterocycles. The van der Waals surface area contributed by atoms with Crippen LogP contribution in [0.5, 0.6) is 0 Å². The van der Waals surface area contributed by atoms with Gasteiger partial charge in [0, 0.05) is 42.5 Å². The maximum absolute atomic E-state index is 4.90. The van der Waals surface area contributed by atoms with Crippen LogP contribution in [-0.4, -0.2) is 32.6 Å². The molecule has 0 aliphatic carbocycles. The van der Waals surface area contributed by atoms with E-state index in [4.69, 9.17) is 10.1 Å². The van der Waals surface area contributed by atoms with Crippen molar-refractivity contribution in [3.05, 3.63) is 90.3 Å². The molecule has 1 aliphatic heterocycles. The second kappa shape index (κ2) is 7.56. The van der Waals surface area contributed by atoms with E-state index in [-0.39, 0.29) is 0 Å². The first-order valence-electron chi connectivity index (χ1n) is 10.0. The van der Waals surface area contributed by atoms with Crippen LogP contribution in [0, 0.1) is 0 Å². The summed E-state index contributed by atoms with van der Waals surface area (Å²) in [6.07, 6.45) is 6.27. The van der Waals surface area contributed by atoms with Crippen molar-refractivity contribution in [3.8, 4) is 11.3 Å². The monoisotopic (exact) mass is 368 g/mol. The van der Waals surface area contributed by atoms with Crippen LogP contribution >= 0.6 is 0 Å². The fraction of sp³-hybridized carbons (Fsp3) is 0.250. The van der Waals surface area contributed by atoms with Gasteiger partial charge in [0.25, 0.3) is 0 Å². The molecule has 0 saturated carbocycles. The summed E-state index contributed by atoms with van der Waals surface area (Å²) < 4.78 is 1.94. The van der Waals surface area contributed by atoms with Crippen LogP contribution in [0.3, 0.4) is 0 Å². The van der Waals surface area contributed by atoms with E-state index >= 15 is 0 Å². The van der Waals surface area contributed by atoms with Crippen molar-refractivity contribution in [2.75, 3.05) is 13.1 Å². The van der Waals surface area contributed by atoms with Crippen LogP contribution in [0.4, 0.5) is 0 Å². The van der Waals surface area contributed by atoms with Crippen LogP contribution in [0.1, 0.15) is 29.9 Å². The summed E-state index contributed by atoms with van der Waals surface area (Å²) in [5.41, 5.74) is 5.91. The average molecular weight is 368 g/mol. The predicted molar refractivity (Wildman–Crippen MR) is 112 cm³/mol. The van der Waals surface area contributed by atoms with Crippen molar-refractivity contribution in [3.63, 3.8) is 0 Å². The molecule has 4 heteroatoms. The molecule has 0 amide bonds. The number of benzene rings is 2. The Kier molecular flexibility index (Phi) is 4.63. The number of hydrogen-bond acceptors (Lipinski definition) is 3. The van der Waals surface area contributed by atoms with Gasteiger partial charge in [-0.2, -0.15) is 5.10 Å². The van der Waals surface area contributed by atoms with Gasteiger partial charge in [-0.25, -0.2) is 9.50 Å². The Hall–Kier alpha value is -2.98. The third-order valence-electron chi connectivity index (χ3n) is 5.64. The maximum atomic E-state index is 4.90. The summed E-state index contributed by atoms with van der Waals surface area (Å²) in [7, 11) is 0. The summed E-state index contributed by atoms with van der Waals surface area (Å²) in [4.78, 5) is 7.27. The molecule has 0 N–H and O–H groups in total. The maximum Gasteiger partial charge on any atom is 0.159 e. The largest absolute Gasteiger partial charge is 0.298 e. The van der Waals surface area contributed by atoms with Crippen molar-refractivity contribution in [1.29, 1.82) is 0 Å². The molecule has 5 rings (SSSR count). The van der Waals surface area contributed by atoms with Crippen LogP contribution < -0.4 is 0 Å². The van der Waals surface area contributed by atoms with E-state index in [9.17, 15) is 0 Å². The normalized spacial score (nSPS) is 17.8. The van der Waals surface area contributed by atoms with Gasteiger partial charge >= 0.3 is 0 Å². The van der Waals surface area contributed by atoms with Crippen molar-refractivity contribution in [2.45, 2.75) is 25.3 Å². The molecular formula is C24H24N4. The Balaban J connectivity index is 1.51. The molecule has 1 fully saturated rings. The van der Waals surface area contributed by atoms with Crippen molar-refractivity contribution >= 4 is 5.65 Å². The fourth-order valence-electron chi connectivity index (χ4n) is 4.37. The summed E-state index contributed by atoms with van der Waals surface area (Å²) in [6, 6.07) is 23.2. The minimum Gasteiger partial charge on any atom is -0.298 e. The molecular weight excluding hydrogens is 344 g/mol. The van der Waals surface area contributed by atoms with Gasteiger partial charge in [-0.15, -0.1) is 0 Å². The third kappa shape index (κ3) is 3.32. The Morgan fingerprint density at radius 3 is 2.54 bits per heavy atom. The van der Waals surface area contributed by atoms with E-state index in [0.29, 0.717) is 5.92 Å². The van der Waals surface area contributed by atoms with E-state index < -0.39 is 0 Å². The molecule has 3 heterocycles. The number of aromatic nitrogens is 3. The second-order valence-electron chi connectivity index (χ2n) is 7.58. The van der Waals surface area contributed by atoms with Gasteiger partial charge in [-0.05, 0) is 31.0 Å². The van der Waals surface area contributed by atoms with Crippen molar-refractivity contribution in [2.24, 2.45) is 0 Å². The molecule has 1 unspecified atom stereocenters. The van der Waals surface area contributed by atoms with Crippen molar-refractivity contribution < 1.29 is 0 Å². The number of hydrogen-bond donors (Lipinski definition) is 0. The Bertz CT molecular complexity index is 1060. The van der Waals surface area contributed by atoms with Gasteiger partial charge in [0.2, 0.25) is 0 Å². The zero-order valence-corrected chi connectivity index (χ0v) is 15.9. The lowest BCUT2D eigenvalue weighted by molar-refractivity contribution is 0.201. The summed E-state index contributed by atoms with van der Waals surface area (Å²) in [5, 5.41) is 4.90. The highest BCUT2D eigenvalue weighted by Gasteiger charge is 2.28. The standard InChI is InChI=1S/C24H24N4/c1-3-9-19(10-4-1)17-27-15-7-13-21(18-27)22-23(20-11-5-2-6-12-20)26-28-16-8-14-25-24(22)28/h1-6,8-12,14,16,21H,7,13,15,17-18H2. The minimum absolute atomic E-state index is 0.445. The zero-order chi connectivity index (χ0) is 18.8. The molecule has 1 saturated heterocycles. The summed E-state index contributed by atoms with van der Waals surface area (Å²) in [5.74, 6) is 0.445. The predicted octanol–water partition coefficient (Wildman–Crippen LogP) is 4.78. The number of likely N-dealkylation sites (tertiary alicyclic amines) is 1. The van der Waals surface area contributed by atoms with Gasteiger partial charge in [-0.1, -0.05) is 60.7 Å². The van der Waals surface area contributed by atoms with Crippen LogP contribution in [-0.2, 0) is 6.54 Å². The van der Waals surface area contributed by atoms with Gasteiger partial charge in [0.15, 0.2) is 5.65 Å². The molecule has 0 radical (unpaired) electrons. The quantitative estimate of drug-likeness (QED) is 0.520. The molecule has 28 heavy (non-hydrogen) atoms. The third-order valence-corrected chi connectivity index (χ3v) is 5.64. The molecule has 1 atom stereocenters. The summed E-state index contributed by atoms with van der Waals surface area (Å²) in [6.45, 7) is 3.20.